The summed E-state index contributed by atoms with van der Waals surface area (Å²) in [6, 6.07) is 0.740. The zero-order chi connectivity index (χ0) is 8.98. The first kappa shape index (κ1) is 8.55. The van der Waals surface area contributed by atoms with Gasteiger partial charge in [0, 0.05) is 6.04 Å². The maximum atomic E-state index is 3.53. The van der Waals surface area contributed by atoms with Crippen molar-refractivity contribution < 1.29 is 0 Å². The number of hydrogen-bond acceptors (Lipinski definition) is 1. The summed E-state index contributed by atoms with van der Waals surface area (Å²) in [6.07, 6.45) is 4.35. The molecule has 2 saturated carbocycles. The molecular weight excluding hydrogens is 146 g/mol. The van der Waals surface area contributed by atoms with Gasteiger partial charge < -0.3 is 5.32 Å². The van der Waals surface area contributed by atoms with Gasteiger partial charge in [-0.2, -0.15) is 0 Å². The zero-order valence-corrected chi connectivity index (χ0v) is 8.78. The Hall–Kier alpha value is -0.0400. The standard InChI is InChI=1S/C11H21N/c1-10(2)8-5-6-11(3,7-8)9(10)12-4/h8-9,12H,5-7H2,1-4H3/t8-,9-,11-/m1/s1. The molecule has 0 spiro atoms. The van der Waals surface area contributed by atoms with E-state index in [1.165, 1.54) is 19.3 Å². The van der Waals surface area contributed by atoms with Crippen LogP contribution in [0.1, 0.15) is 40.0 Å². The predicted molar refractivity (Wildman–Crippen MR) is 52.1 cm³/mol. The maximum absolute atomic E-state index is 3.53. The fourth-order valence-corrected chi connectivity index (χ4v) is 4.02. The summed E-state index contributed by atoms with van der Waals surface area (Å²) in [5.41, 5.74) is 1.13. The van der Waals surface area contributed by atoms with Gasteiger partial charge in [0.25, 0.3) is 0 Å². The Kier molecular flexibility index (Phi) is 1.61. The third-order valence-electron chi connectivity index (χ3n) is 4.56. The van der Waals surface area contributed by atoms with Crippen molar-refractivity contribution >= 4 is 0 Å². The molecule has 3 atom stereocenters. The molecule has 0 aliphatic heterocycles. The van der Waals surface area contributed by atoms with Gasteiger partial charge in [-0.1, -0.05) is 20.8 Å². The van der Waals surface area contributed by atoms with Crippen LogP contribution in [0.15, 0.2) is 0 Å². The van der Waals surface area contributed by atoms with Crippen LogP contribution in [0.25, 0.3) is 0 Å². The van der Waals surface area contributed by atoms with E-state index in [1.807, 2.05) is 0 Å². The van der Waals surface area contributed by atoms with Gasteiger partial charge in [0.1, 0.15) is 0 Å². The highest BCUT2D eigenvalue weighted by atomic mass is 15.0. The number of hydrogen-bond donors (Lipinski definition) is 1. The van der Waals surface area contributed by atoms with E-state index in [4.69, 9.17) is 0 Å². The highest BCUT2D eigenvalue weighted by molar-refractivity contribution is 5.11. The second-order valence-corrected chi connectivity index (χ2v) is 5.64. The van der Waals surface area contributed by atoms with Crippen molar-refractivity contribution in [1.29, 1.82) is 0 Å². The molecule has 2 aliphatic carbocycles. The van der Waals surface area contributed by atoms with Gasteiger partial charge in [0.2, 0.25) is 0 Å². The number of fused-ring (bicyclic) bond motifs is 2. The van der Waals surface area contributed by atoms with Crippen molar-refractivity contribution in [2.45, 2.75) is 46.1 Å². The van der Waals surface area contributed by atoms with Crippen molar-refractivity contribution in [1.82, 2.24) is 5.32 Å². The minimum atomic E-state index is 0.530. The minimum absolute atomic E-state index is 0.530. The lowest BCUT2D eigenvalue weighted by Crippen LogP contribution is -2.48. The highest BCUT2D eigenvalue weighted by Gasteiger charge is 2.58. The van der Waals surface area contributed by atoms with Crippen LogP contribution in [0.4, 0.5) is 0 Å². The summed E-state index contributed by atoms with van der Waals surface area (Å²) in [5, 5.41) is 3.53. The fraction of sp³-hybridized carbons (Fsp3) is 1.00. The summed E-state index contributed by atoms with van der Waals surface area (Å²) < 4.78 is 0. The molecule has 2 aliphatic rings. The topological polar surface area (TPSA) is 12.0 Å². The SMILES string of the molecule is CN[C@@H]1C(C)(C)[C@@H]2CC[C@]1(C)C2. The van der Waals surface area contributed by atoms with E-state index >= 15 is 0 Å². The number of nitrogens with one attached hydrogen (secondary N) is 1. The maximum Gasteiger partial charge on any atom is 0.0172 e. The van der Waals surface area contributed by atoms with Crippen LogP contribution in [0.2, 0.25) is 0 Å². The molecule has 0 aromatic heterocycles. The van der Waals surface area contributed by atoms with Gasteiger partial charge >= 0.3 is 0 Å². The van der Waals surface area contributed by atoms with Crippen molar-refractivity contribution in [2.24, 2.45) is 16.7 Å². The average Bonchev–Trinajstić information content (AvgIpc) is 2.39. The molecule has 0 heterocycles. The van der Waals surface area contributed by atoms with E-state index in [9.17, 15) is 0 Å². The molecule has 12 heavy (non-hydrogen) atoms. The minimum Gasteiger partial charge on any atom is -0.316 e. The Morgan fingerprint density at radius 1 is 1.25 bits per heavy atom. The van der Waals surface area contributed by atoms with Crippen LogP contribution in [0, 0.1) is 16.7 Å². The van der Waals surface area contributed by atoms with Crippen LogP contribution in [-0.4, -0.2) is 13.1 Å². The van der Waals surface area contributed by atoms with Crippen LogP contribution >= 0.6 is 0 Å². The lowest BCUT2D eigenvalue weighted by atomic mass is 9.68. The Balaban J connectivity index is 2.31. The number of rotatable bonds is 1. The van der Waals surface area contributed by atoms with E-state index in [0.29, 0.717) is 10.8 Å². The van der Waals surface area contributed by atoms with Gasteiger partial charge in [0.15, 0.2) is 0 Å². The summed E-state index contributed by atoms with van der Waals surface area (Å²) in [7, 11) is 2.12. The van der Waals surface area contributed by atoms with Gasteiger partial charge in [0.05, 0.1) is 0 Å². The lowest BCUT2D eigenvalue weighted by molar-refractivity contribution is 0.116. The first-order valence-electron chi connectivity index (χ1n) is 5.18. The van der Waals surface area contributed by atoms with Gasteiger partial charge in [-0.15, -0.1) is 0 Å². The van der Waals surface area contributed by atoms with Crippen LogP contribution < -0.4 is 5.32 Å². The van der Waals surface area contributed by atoms with E-state index in [1.54, 1.807) is 0 Å². The Labute approximate surface area is 75.9 Å². The quantitative estimate of drug-likeness (QED) is 0.632. The molecule has 1 nitrogen and oxygen atoms in total. The molecular formula is C11H21N. The van der Waals surface area contributed by atoms with Crippen molar-refractivity contribution in [2.75, 3.05) is 7.05 Å². The Bertz CT molecular complexity index is 192. The summed E-state index contributed by atoms with van der Waals surface area (Å²) in [4.78, 5) is 0. The Morgan fingerprint density at radius 2 is 1.92 bits per heavy atom. The first-order valence-corrected chi connectivity index (χ1v) is 5.18. The monoisotopic (exact) mass is 167 g/mol. The lowest BCUT2D eigenvalue weighted by Gasteiger charge is -2.42. The molecule has 2 fully saturated rings. The van der Waals surface area contributed by atoms with Crippen LogP contribution in [0.3, 0.4) is 0 Å². The van der Waals surface area contributed by atoms with Crippen molar-refractivity contribution in [3.8, 4) is 0 Å². The van der Waals surface area contributed by atoms with Gasteiger partial charge in [-0.3, -0.25) is 0 Å². The van der Waals surface area contributed by atoms with E-state index < -0.39 is 0 Å². The molecule has 0 unspecified atom stereocenters. The third kappa shape index (κ3) is 0.834. The third-order valence-corrected chi connectivity index (χ3v) is 4.56. The van der Waals surface area contributed by atoms with E-state index in [-0.39, 0.29) is 0 Å². The average molecular weight is 167 g/mol. The van der Waals surface area contributed by atoms with Crippen LogP contribution in [0.5, 0.6) is 0 Å². The molecule has 0 aromatic carbocycles. The fourth-order valence-electron chi connectivity index (χ4n) is 4.02. The summed E-state index contributed by atoms with van der Waals surface area (Å²) >= 11 is 0. The molecule has 2 rings (SSSR count). The van der Waals surface area contributed by atoms with E-state index in [0.717, 1.165) is 12.0 Å². The zero-order valence-electron chi connectivity index (χ0n) is 8.78. The largest absolute Gasteiger partial charge is 0.316 e. The van der Waals surface area contributed by atoms with Gasteiger partial charge in [-0.25, -0.2) is 0 Å². The molecule has 0 aromatic rings. The normalized spacial score (nSPS) is 50.0. The van der Waals surface area contributed by atoms with E-state index in [2.05, 4.69) is 33.1 Å². The van der Waals surface area contributed by atoms with Gasteiger partial charge in [-0.05, 0) is 43.1 Å². The van der Waals surface area contributed by atoms with Crippen molar-refractivity contribution in [3.05, 3.63) is 0 Å². The smallest absolute Gasteiger partial charge is 0.0172 e. The molecule has 0 radical (unpaired) electrons. The predicted octanol–water partition coefficient (Wildman–Crippen LogP) is 2.42. The molecule has 70 valence electrons. The molecule has 0 amide bonds. The molecule has 0 saturated heterocycles. The summed E-state index contributed by atoms with van der Waals surface area (Å²) in [5.74, 6) is 0.972. The molecule has 1 heteroatoms. The second-order valence-electron chi connectivity index (χ2n) is 5.64. The Morgan fingerprint density at radius 3 is 2.25 bits per heavy atom. The summed E-state index contributed by atoms with van der Waals surface area (Å²) in [6.45, 7) is 7.33. The van der Waals surface area contributed by atoms with Crippen LogP contribution in [-0.2, 0) is 0 Å². The molecule has 1 N–H and O–H groups in total. The molecule has 2 bridgehead atoms. The van der Waals surface area contributed by atoms with Crippen molar-refractivity contribution in [3.63, 3.8) is 0 Å². The second kappa shape index (κ2) is 2.25. The highest BCUT2D eigenvalue weighted by Crippen LogP contribution is 2.62. The first-order chi connectivity index (χ1) is 5.50.